The first-order valence-corrected chi connectivity index (χ1v) is 7.06. The molecule has 0 aromatic carbocycles. The van der Waals surface area contributed by atoms with Crippen LogP contribution in [0.3, 0.4) is 0 Å². The SMILES string of the molecule is CC[C@H](OS(C)(=O)=O)[C@H]1CCOCN1OC. The molecule has 0 unspecified atom stereocenters. The Kier molecular flexibility index (Phi) is 5.13. The Morgan fingerprint density at radius 1 is 1.56 bits per heavy atom. The molecule has 0 bridgehead atoms. The van der Waals surface area contributed by atoms with E-state index in [2.05, 4.69) is 0 Å². The number of hydroxylamine groups is 2. The van der Waals surface area contributed by atoms with Crippen molar-refractivity contribution in [2.45, 2.75) is 31.9 Å². The van der Waals surface area contributed by atoms with E-state index in [0.29, 0.717) is 26.2 Å². The minimum absolute atomic E-state index is 0.0847. The zero-order chi connectivity index (χ0) is 12.2. The van der Waals surface area contributed by atoms with E-state index in [-0.39, 0.29) is 12.1 Å². The van der Waals surface area contributed by atoms with Gasteiger partial charge in [-0.25, -0.2) is 0 Å². The van der Waals surface area contributed by atoms with Crippen LogP contribution >= 0.6 is 0 Å². The van der Waals surface area contributed by atoms with E-state index in [1.807, 2.05) is 6.92 Å². The molecule has 0 saturated carbocycles. The van der Waals surface area contributed by atoms with Crippen LogP contribution in [0.5, 0.6) is 0 Å². The fraction of sp³-hybridized carbons (Fsp3) is 1.00. The van der Waals surface area contributed by atoms with Gasteiger partial charge in [0.2, 0.25) is 0 Å². The minimum atomic E-state index is -3.44. The number of hydrogen-bond acceptors (Lipinski definition) is 6. The molecule has 16 heavy (non-hydrogen) atoms. The second-order valence-corrected chi connectivity index (χ2v) is 5.34. The molecule has 6 nitrogen and oxygen atoms in total. The molecule has 7 heteroatoms. The summed E-state index contributed by atoms with van der Waals surface area (Å²) < 4.78 is 32.5. The van der Waals surface area contributed by atoms with Crippen LogP contribution < -0.4 is 0 Å². The molecular weight excluding hydrogens is 234 g/mol. The second-order valence-electron chi connectivity index (χ2n) is 3.74. The first kappa shape index (κ1) is 13.9. The van der Waals surface area contributed by atoms with Gasteiger partial charge in [0.25, 0.3) is 10.1 Å². The molecule has 2 atom stereocenters. The summed E-state index contributed by atoms with van der Waals surface area (Å²) in [5, 5.41) is 1.61. The van der Waals surface area contributed by atoms with Crippen molar-refractivity contribution in [1.29, 1.82) is 0 Å². The fourth-order valence-corrected chi connectivity index (χ4v) is 2.50. The predicted octanol–water partition coefficient (Wildman–Crippen LogP) is 0.351. The summed E-state index contributed by atoms with van der Waals surface area (Å²) >= 11 is 0. The summed E-state index contributed by atoms with van der Waals surface area (Å²) in [7, 11) is -1.90. The van der Waals surface area contributed by atoms with Gasteiger partial charge >= 0.3 is 0 Å². The average molecular weight is 253 g/mol. The summed E-state index contributed by atoms with van der Waals surface area (Å²) in [5.74, 6) is 0. The van der Waals surface area contributed by atoms with E-state index in [0.717, 1.165) is 6.26 Å². The molecule has 0 aliphatic carbocycles. The Balaban J connectivity index is 2.69. The smallest absolute Gasteiger partial charge is 0.264 e. The monoisotopic (exact) mass is 253 g/mol. The normalized spacial score (nSPS) is 25.6. The van der Waals surface area contributed by atoms with Gasteiger partial charge in [-0.15, -0.1) is 0 Å². The summed E-state index contributed by atoms with van der Waals surface area (Å²) in [6, 6.07) is -0.0847. The minimum Gasteiger partial charge on any atom is -0.364 e. The lowest BCUT2D eigenvalue weighted by Crippen LogP contribution is -2.49. The van der Waals surface area contributed by atoms with Crippen molar-refractivity contribution in [1.82, 2.24) is 5.06 Å². The lowest BCUT2D eigenvalue weighted by atomic mass is 10.1. The second kappa shape index (κ2) is 5.92. The third-order valence-electron chi connectivity index (χ3n) is 2.51. The molecule has 1 rings (SSSR count). The lowest BCUT2D eigenvalue weighted by molar-refractivity contribution is -0.252. The first-order valence-electron chi connectivity index (χ1n) is 5.24. The molecule has 0 radical (unpaired) electrons. The van der Waals surface area contributed by atoms with Crippen LogP contribution in [0.25, 0.3) is 0 Å². The highest BCUT2D eigenvalue weighted by Gasteiger charge is 2.32. The Morgan fingerprint density at radius 3 is 2.75 bits per heavy atom. The maximum absolute atomic E-state index is 11.1. The van der Waals surface area contributed by atoms with Gasteiger partial charge in [-0.1, -0.05) is 6.92 Å². The van der Waals surface area contributed by atoms with Crippen molar-refractivity contribution < 1.29 is 22.2 Å². The molecule has 0 N–H and O–H groups in total. The molecule has 0 aromatic rings. The average Bonchev–Trinajstić information content (AvgIpc) is 2.24. The fourth-order valence-electron chi connectivity index (χ4n) is 1.79. The molecule has 0 spiro atoms. The van der Waals surface area contributed by atoms with Crippen LogP contribution in [0.2, 0.25) is 0 Å². The maximum atomic E-state index is 11.1. The summed E-state index contributed by atoms with van der Waals surface area (Å²) in [5.41, 5.74) is 0. The molecule has 1 fully saturated rings. The van der Waals surface area contributed by atoms with Gasteiger partial charge in [0.15, 0.2) is 0 Å². The van der Waals surface area contributed by atoms with Gasteiger partial charge in [-0.3, -0.25) is 9.02 Å². The van der Waals surface area contributed by atoms with Gasteiger partial charge in [0, 0.05) is 0 Å². The standard InChI is InChI=1S/C9H19NO5S/c1-4-9(15-16(3,11)12)8-5-6-14-7-10(8)13-2/h8-9H,4-7H2,1-3H3/t8-,9+/m1/s1. The predicted molar refractivity (Wildman–Crippen MR) is 58.1 cm³/mol. The van der Waals surface area contributed by atoms with Crippen LogP contribution in [0.15, 0.2) is 0 Å². The maximum Gasteiger partial charge on any atom is 0.264 e. The summed E-state index contributed by atoms with van der Waals surface area (Å²) in [6.07, 6.45) is 1.98. The first-order chi connectivity index (χ1) is 7.48. The van der Waals surface area contributed by atoms with E-state index in [1.165, 1.54) is 7.11 Å². The highest BCUT2D eigenvalue weighted by Crippen LogP contribution is 2.20. The Morgan fingerprint density at radius 2 is 2.25 bits per heavy atom. The van der Waals surface area contributed by atoms with Crippen LogP contribution in [-0.2, 0) is 23.9 Å². The molecule has 1 aliphatic heterocycles. The number of ether oxygens (including phenoxy) is 1. The molecular formula is C9H19NO5S. The van der Waals surface area contributed by atoms with E-state index < -0.39 is 10.1 Å². The van der Waals surface area contributed by atoms with E-state index in [9.17, 15) is 8.42 Å². The topological polar surface area (TPSA) is 65.1 Å². The van der Waals surface area contributed by atoms with Gasteiger partial charge in [0.05, 0.1) is 32.1 Å². The third-order valence-corrected chi connectivity index (χ3v) is 3.11. The Bertz CT molecular complexity index is 305. The third kappa shape index (κ3) is 3.99. The van der Waals surface area contributed by atoms with Crippen LogP contribution in [0, 0.1) is 0 Å². The van der Waals surface area contributed by atoms with Crippen molar-refractivity contribution in [3.05, 3.63) is 0 Å². The van der Waals surface area contributed by atoms with Gasteiger partial charge in [-0.2, -0.15) is 13.5 Å². The Labute approximate surface area is 96.5 Å². The number of hydrogen-bond donors (Lipinski definition) is 0. The van der Waals surface area contributed by atoms with E-state index in [1.54, 1.807) is 5.06 Å². The van der Waals surface area contributed by atoms with E-state index in [4.69, 9.17) is 13.8 Å². The highest BCUT2D eigenvalue weighted by molar-refractivity contribution is 7.86. The molecule has 0 aromatic heterocycles. The highest BCUT2D eigenvalue weighted by atomic mass is 32.2. The van der Waals surface area contributed by atoms with Crippen molar-refractivity contribution in [3.8, 4) is 0 Å². The molecule has 1 saturated heterocycles. The number of nitrogens with zero attached hydrogens (tertiary/aromatic N) is 1. The van der Waals surface area contributed by atoms with Gasteiger partial charge in [-0.05, 0) is 12.8 Å². The molecule has 1 aliphatic rings. The van der Waals surface area contributed by atoms with Crippen molar-refractivity contribution in [2.75, 3.05) is 26.7 Å². The van der Waals surface area contributed by atoms with Crippen molar-refractivity contribution in [3.63, 3.8) is 0 Å². The van der Waals surface area contributed by atoms with Crippen molar-refractivity contribution in [2.24, 2.45) is 0 Å². The zero-order valence-corrected chi connectivity index (χ0v) is 10.7. The molecule has 0 amide bonds. The summed E-state index contributed by atoms with van der Waals surface area (Å²) in [6.45, 7) is 2.82. The lowest BCUT2D eigenvalue weighted by Gasteiger charge is -2.37. The molecule has 96 valence electrons. The molecule has 1 heterocycles. The van der Waals surface area contributed by atoms with Crippen molar-refractivity contribution >= 4 is 10.1 Å². The number of rotatable bonds is 5. The Hall–Kier alpha value is -0.210. The quantitative estimate of drug-likeness (QED) is 0.659. The van der Waals surface area contributed by atoms with Crippen LogP contribution in [-0.4, -0.2) is 52.3 Å². The van der Waals surface area contributed by atoms with E-state index >= 15 is 0 Å². The van der Waals surface area contributed by atoms with Gasteiger partial charge in [0.1, 0.15) is 6.73 Å². The zero-order valence-electron chi connectivity index (χ0n) is 9.88. The van der Waals surface area contributed by atoms with Crippen LogP contribution in [0.4, 0.5) is 0 Å². The van der Waals surface area contributed by atoms with Crippen LogP contribution in [0.1, 0.15) is 19.8 Å². The largest absolute Gasteiger partial charge is 0.364 e. The van der Waals surface area contributed by atoms with Gasteiger partial charge < -0.3 is 4.74 Å². The summed E-state index contributed by atoms with van der Waals surface area (Å²) in [4.78, 5) is 5.13.